The van der Waals surface area contributed by atoms with Gasteiger partial charge in [-0.15, -0.1) is 0 Å². The van der Waals surface area contributed by atoms with Crippen molar-refractivity contribution in [3.05, 3.63) is 95.6 Å². The van der Waals surface area contributed by atoms with Crippen molar-refractivity contribution in [3.63, 3.8) is 0 Å². The summed E-state index contributed by atoms with van der Waals surface area (Å²) in [7, 11) is 1.64. The topological polar surface area (TPSA) is 123 Å². The third-order valence-corrected chi connectivity index (χ3v) is 6.83. The van der Waals surface area contributed by atoms with E-state index in [-0.39, 0.29) is 5.91 Å². The van der Waals surface area contributed by atoms with Gasteiger partial charge < -0.3 is 35.1 Å². The number of hydrogen-bond donors (Lipinski definition) is 3. The summed E-state index contributed by atoms with van der Waals surface area (Å²) in [6.07, 6.45) is 0.929. The molecule has 11 nitrogen and oxygen atoms in total. The number of benzene rings is 3. The first-order valence-electron chi connectivity index (χ1n) is 14.4. The number of anilines is 4. The molecule has 0 radical (unpaired) electrons. The maximum absolute atomic E-state index is 12.0. The molecule has 43 heavy (non-hydrogen) atoms. The summed E-state index contributed by atoms with van der Waals surface area (Å²) >= 11 is 0. The normalized spacial score (nSPS) is 12.3. The van der Waals surface area contributed by atoms with E-state index in [0.29, 0.717) is 62.9 Å². The molecule has 224 valence electrons. The lowest BCUT2D eigenvalue weighted by Gasteiger charge is -2.29. The smallest absolute Gasteiger partial charge is 0.251 e. The molecule has 1 aliphatic rings. The molecule has 0 aliphatic carbocycles. The number of carbonyl (C=O) groups is 1. The Kier molecular flexibility index (Phi) is 10.7. The summed E-state index contributed by atoms with van der Waals surface area (Å²) in [6.45, 7) is 4.23. The Hall–Kier alpha value is -4.74. The molecule has 3 N–H and O–H groups in total. The summed E-state index contributed by atoms with van der Waals surface area (Å²) in [4.78, 5) is 28.3. The second kappa shape index (κ2) is 15.5. The quantitative estimate of drug-likeness (QED) is 0.177. The minimum absolute atomic E-state index is 0.111. The monoisotopic (exact) mass is 583 g/mol. The SMILES string of the molecule is COc1cccc(Nc2nc(NCCOCCOCCNC(=O)c3ccccc3)nc(N3CCc4ccccc4C3)n2)c1. The second-order valence-electron chi connectivity index (χ2n) is 9.85. The number of carbonyl (C=O) groups excluding carboxylic acids is 1. The number of hydrogen-bond acceptors (Lipinski definition) is 10. The van der Waals surface area contributed by atoms with Gasteiger partial charge in [0.15, 0.2) is 0 Å². The fraction of sp³-hybridized carbons (Fsp3) is 0.312. The minimum Gasteiger partial charge on any atom is -0.497 e. The van der Waals surface area contributed by atoms with Gasteiger partial charge in [-0.2, -0.15) is 15.0 Å². The van der Waals surface area contributed by atoms with Crippen molar-refractivity contribution >= 4 is 29.4 Å². The highest BCUT2D eigenvalue weighted by molar-refractivity contribution is 5.94. The summed E-state index contributed by atoms with van der Waals surface area (Å²) in [6, 6.07) is 25.2. The van der Waals surface area contributed by atoms with Crippen LogP contribution in [0.3, 0.4) is 0 Å². The number of nitrogens with zero attached hydrogens (tertiary/aromatic N) is 4. The Morgan fingerprint density at radius 3 is 2.37 bits per heavy atom. The number of aromatic nitrogens is 3. The van der Waals surface area contributed by atoms with Crippen LogP contribution in [0.2, 0.25) is 0 Å². The van der Waals surface area contributed by atoms with Crippen LogP contribution >= 0.6 is 0 Å². The molecule has 1 aliphatic heterocycles. The van der Waals surface area contributed by atoms with Crippen molar-refractivity contribution in [2.45, 2.75) is 13.0 Å². The fourth-order valence-corrected chi connectivity index (χ4v) is 4.62. The molecule has 0 atom stereocenters. The molecule has 1 aromatic heterocycles. The van der Waals surface area contributed by atoms with Gasteiger partial charge in [-0.05, 0) is 41.8 Å². The van der Waals surface area contributed by atoms with Crippen molar-refractivity contribution < 1.29 is 19.0 Å². The van der Waals surface area contributed by atoms with Crippen LogP contribution in [0.4, 0.5) is 23.5 Å². The highest BCUT2D eigenvalue weighted by Gasteiger charge is 2.20. The Labute approximate surface area is 251 Å². The van der Waals surface area contributed by atoms with E-state index in [1.807, 2.05) is 42.5 Å². The molecule has 1 amide bonds. The predicted molar refractivity (Wildman–Crippen MR) is 166 cm³/mol. The van der Waals surface area contributed by atoms with E-state index in [1.165, 1.54) is 11.1 Å². The van der Waals surface area contributed by atoms with Crippen molar-refractivity contribution in [2.75, 3.05) is 68.7 Å². The average molecular weight is 584 g/mol. The molecule has 0 saturated heterocycles. The first kappa shape index (κ1) is 29.7. The Bertz CT molecular complexity index is 1470. The van der Waals surface area contributed by atoms with Crippen LogP contribution < -0.4 is 25.6 Å². The number of ether oxygens (including phenoxy) is 3. The molecular weight excluding hydrogens is 546 g/mol. The predicted octanol–water partition coefficient (Wildman–Crippen LogP) is 4.06. The fourth-order valence-electron chi connectivity index (χ4n) is 4.62. The first-order valence-corrected chi connectivity index (χ1v) is 14.4. The molecule has 0 saturated carbocycles. The molecule has 0 unspecified atom stereocenters. The van der Waals surface area contributed by atoms with Crippen molar-refractivity contribution in [3.8, 4) is 5.75 Å². The number of fused-ring (bicyclic) bond motifs is 1. The molecular formula is C32H37N7O4. The van der Waals surface area contributed by atoms with Gasteiger partial charge in [-0.1, -0.05) is 48.5 Å². The molecule has 0 fully saturated rings. The molecule has 11 heteroatoms. The minimum atomic E-state index is -0.111. The zero-order chi connectivity index (χ0) is 29.7. The maximum atomic E-state index is 12.0. The third kappa shape index (κ3) is 8.87. The lowest BCUT2D eigenvalue weighted by Crippen LogP contribution is -2.32. The van der Waals surface area contributed by atoms with E-state index in [0.717, 1.165) is 30.9 Å². The van der Waals surface area contributed by atoms with E-state index in [2.05, 4.69) is 50.1 Å². The van der Waals surface area contributed by atoms with E-state index in [9.17, 15) is 4.79 Å². The van der Waals surface area contributed by atoms with E-state index in [4.69, 9.17) is 24.2 Å². The Morgan fingerprint density at radius 1 is 0.814 bits per heavy atom. The number of nitrogens with one attached hydrogen (secondary N) is 3. The third-order valence-electron chi connectivity index (χ3n) is 6.83. The van der Waals surface area contributed by atoms with Gasteiger partial charge in [-0.3, -0.25) is 4.79 Å². The van der Waals surface area contributed by atoms with Crippen LogP contribution in [0.1, 0.15) is 21.5 Å². The average Bonchev–Trinajstić information content (AvgIpc) is 3.05. The van der Waals surface area contributed by atoms with Crippen molar-refractivity contribution in [1.29, 1.82) is 0 Å². The zero-order valence-electron chi connectivity index (χ0n) is 24.3. The lowest BCUT2D eigenvalue weighted by molar-refractivity contribution is 0.0519. The molecule has 2 heterocycles. The molecule has 0 spiro atoms. The second-order valence-corrected chi connectivity index (χ2v) is 9.85. The van der Waals surface area contributed by atoms with E-state index < -0.39 is 0 Å². The van der Waals surface area contributed by atoms with Crippen LogP contribution in [0.15, 0.2) is 78.9 Å². The largest absolute Gasteiger partial charge is 0.497 e. The van der Waals surface area contributed by atoms with E-state index in [1.54, 1.807) is 19.2 Å². The Balaban J connectivity index is 1.10. The van der Waals surface area contributed by atoms with Crippen LogP contribution in [-0.4, -0.2) is 74.0 Å². The first-order chi connectivity index (χ1) is 21.2. The summed E-state index contributed by atoms with van der Waals surface area (Å²) in [5, 5.41) is 9.39. The zero-order valence-corrected chi connectivity index (χ0v) is 24.3. The number of rotatable bonds is 15. The van der Waals surface area contributed by atoms with Gasteiger partial charge in [0.25, 0.3) is 5.91 Å². The van der Waals surface area contributed by atoms with Gasteiger partial charge in [0.1, 0.15) is 5.75 Å². The summed E-state index contributed by atoms with van der Waals surface area (Å²) < 4.78 is 16.6. The standard InChI is InChI=1S/C32H37N7O4/c1-41-28-13-7-12-27(22-28)35-31-36-30(37-32(38-31)39-17-14-24-8-5-6-11-26(24)23-39)34-16-19-43-21-20-42-18-15-33-29(40)25-9-3-2-4-10-25/h2-13,22H,14-21,23H2,1H3,(H,33,40)(H2,34,35,36,37,38). The van der Waals surface area contributed by atoms with Crippen molar-refractivity contribution in [1.82, 2.24) is 20.3 Å². The lowest BCUT2D eigenvalue weighted by atomic mass is 10.0. The highest BCUT2D eigenvalue weighted by Crippen LogP contribution is 2.25. The van der Waals surface area contributed by atoms with Gasteiger partial charge in [0.05, 0.1) is 33.5 Å². The summed E-state index contributed by atoms with van der Waals surface area (Å²) in [5.74, 6) is 2.13. The molecule has 3 aromatic carbocycles. The van der Waals surface area contributed by atoms with E-state index >= 15 is 0 Å². The van der Waals surface area contributed by atoms with Gasteiger partial charge in [0.2, 0.25) is 17.8 Å². The van der Waals surface area contributed by atoms with Crippen LogP contribution in [0.5, 0.6) is 5.75 Å². The summed E-state index contributed by atoms with van der Waals surface area (Å²) in [5.41, 5.74) is 4.08. The van der Waals surface area contributed by atoms with Gasteiger partial charge in [0, 0.05) is 43.5 Å². The highest BCUT2D eigenvalue weighted by atomic mass is 16.5. The molecule has 0 bridgehead atoms. The number of methoxy groups -OCH3 is 1. The van der Waals surface area contributed by atoms with Crippen LogP contribution in [0, 0.1) is 0 Å². The van der Waals surface area contributed by atoms with Crippen LogP contribution in [-0.2, 0) is 22.4 Å². The van der Waals surface area contributed by atoms with Crippen LogP contribution in [0.25, 0.3) is 0 Å². The van der Waals surface area contributed by atoms with Crippen molar-refractivity contribution in [2.24, 2.45) is 0 Å². The molecule has 5 rings (SSSR count). The van der Waals surface area contributed by atoms with Gasteiger partial charge in [-0.25, -0.2) is 0 Å². The van der Waals surface area contributed by atoms with Gasteiger partial charge >= 0.3 is 0 Å². The molecule has 4 aromatic rings. The number of amides is 1. The maximum Gasteiger partial charge on any atom is 0.251 e. The Morgan fingerprint density at radius 2 is 1.56 bits per heavy atom.